The summed E-state index contributed by atoms with van der Waals surface area (Å²) in [5, 5.41) is 0. The second-order valence-electron chi connectivity index (χ2n) is 12.4. The highest BCUT2D eigenvalue weighted by molar-refractivity contribution is 5.53. The topological polar surface area (TPSA) is 30.9 Å². The number of anilines is 1. The number of benzene rings is 1. The number of hydrogen-bond acceptors (Lipinski definition) is 4. The van der Waals surface area contributed by atoms with E-state index in [0.717, 1.165) is 50.9 Å². The minimum atomic E-state index is -0.484. The first-order valence-electron chi connectivity index (χ1n) is 12.6. The van der Waals surface area contributed by atoms with Gasteiger partial charge in [-0.1, -0.05) is 38.7 Å². The summed E-state index contributed by atoms with van der Waals surface area (Å²) in [6, 6.07) is 8.57. The van der Waals surface area contributed by atoms with Gasteiger partial charge >= 0.3 is 0 Å². The van der Waals surface area contributed by atoms with E-state index in [1.807, 2.05) is 13.8 Å². The summed E-state index contributed by atoms with van der Waals surface area (Å²) < 4.78 is 18.5. The fourth-order valence-electron chi connectivity index (χ4n) is 4.45. The van der Waals surface area contributed by atoms with Crippen molar-refractivity contribution in [2.45, 2.75) is 111 Å². The summed E-state index contributed by atoms with van der Waals surface area (Å²) in [7, 11) is 0. The lowest BCUT2D eigenvalue weighted by Crippen LogP contribution is -2.44. The maximum Gasteiger partial charge on any atom is 0.124 e. The molecule has 0 bridgehead atoms. The molecule has 0 atom stereocenters. The van der Waals surface area contributed by atoms with Crippen LogP contribution in [0.25, 0.3) is 0 Å². The van der Waals surface area contributed by atoms with E-state index >= 15 is 0 Å². The maximum atomic E-state index is 6.37. The first-order valence-corrected chi connectivity index (χ1v) is 12.6. The molecule has 0 amide bonds. The van der Waals surface area contributed by atoms with Gasteiger partial charge in [0.1, 0.15) is 5.60 Å². The average Bonchev–Trinajstić information content (AvgIpc) is 2.66. The number of ether oxygens (including phenoxy) is 3. The fourth-order valence-corrected chi connectivity index (χ4v) is 4.45. The minimum absolute atomic E-state index is 0.216. The molecule has 184 valence electrons. The average molecular weight is 456 g/mol. The zero-order chi connectivity index (χ0) is 24.3. The van der Waals surface area contributed by atoms with Crippen molar-refractivity contribution in [3.8, 4) is 11.8 Å². The van der Waals surface area contributed by atoms with Gasteiger partial charge < -0.3 is 19.1 Å². The lowest BCUT2D eigenvalue weighted by atomic mass is 9.90. The lowest BCUT2D eigenvalue weighted by molar-refractivity contribution is -0.137. The SMILES string of the molecule is CC(C)(C)COC1CC(OC2CCN(c3cccc(C#CC(C)(C)OC(C)(C)C)c3)CC2)C1. The van der Waals surface area contributed by atoms with E-state index in [-0.39, 0.29) is 11.0 Å². The van der Waals surface area contributed by atoms with E-state index in [1.165, 1.54) is 5.69 Å². The highest BCUT2D eigenvalue weighted by Crippen LogP contribution is 2.31. The monoisotopic (exact) mass is 455 g/mol. The van der Waals surface area contributed by atoms with Gasteiger partial charge in [-0.3, -0.25) is 0 Å². The largest absolute Gasteiger partial charge is 0.377 e. The van der Waals surface area contributed by atoms with Crippen LogP contribution >= 0.6 is 0 Å². The molecule has 1 aromatic carbocycles. The van der Waals surface area contributed by atoms with Gasteiger partial charge in [0.15, 0.2) is 0 Å². The van der Waals surface area contributed by atoms with Crippen molar-refractivity contribution in [1.29, 1.82) is 0 Å². The number of rotatable bonds is 6. The molecule has 3 rings (SSSR count). The van der Waals surface area contributed by atoms with E-state index in [4.69, 9.17) is 14.2 Å². The Kier molecular flexibility index (Phi) is 8.20. The Morgan fingerprint density at radius 1 is 0.909 bits per heavy atom. The van der Waals surface area contributed by atoms with E-state index < -0.39 is 5.60 Å². The smallest absolute Gasteiger partial charge is 0.124 e. The van der Waals surface area contributed by atoms with Crippen LogP contribution in [0.1, 0.15) is 86.6 Å². The van der Waals surface area contributed by atoms with Gasteiger partial charge in [0, 0.05) is 24.3 Å². The molecule has 33 heavy (non-hydrogen) atoms. The molecule has 1 aromatic rings. The Labute approximate surface area is 202 Å². The molecule has 0 radical (unpaired) electrons. The molecule has 1 saturated heterocycles. The molecule has 1 heterocycles. The molecular weight excluding hydrogens is 410 g/mol. The predicted octanol–water partition coefficient (Wildman–Crippen LogP) is 6.21. The Morgan fingerprint density at radius 3 is 2.18 bits per heavy atom. The summed E-state index contributed by atoms with van der Waals surface area (Å²) in [4.78, 5) is 2.46. The van der Waals surface area contributed by atoms with Crippen LogP contribution in [0, 0.1) is 17.3 Å². The summed E-state index contributed by atoms with van der Waals surface area (Å²) in [6.07, 6.45) is 5.38. The molecule has 0 aromatic heterocycles. The predicted molar refractivity (Wildman–Crippen MR) is 137 cm³/mol. The summed E-state index contributed by atoms with van der Waals surface area (Å²) in [5.41, 5.74) is 1.81. The molecule has 0 spiro atoms. The molecular formula is C29H45NO3. The van der Waals surface area contributed by atoms with Gasteiger partial charge in [0.2, 0.25) is 0 Å². The van der Waals surface area contributed by atoms with Crippen molar-refractivity contribution >= 4 is 5.69 Å². The highest BCUT2D eigenvalue weighted by atomic mass is 16.5. The molecule has 2 fully saturated rings. The van der Waals surface area contributed by atoms with E-state index in [9.17, 15) is 0 Å². The number of nitrogens with zero attached hydrogens (tertiary/aromatic N) is 1. The molecule has 1 aliphatic heterocycles. The standard InChI is InChI=1S/C29H45NO3/c1-27(2,3)21-31-25-19-26(20-25)32-24-13-16-30(17-14-24)23-11-9-10-22(18-23)12-15-29(7,8)33-28(4,5)6/h9-11,18,24-26H,13-14,16-17,19-21H2,1-8H3. The fraction of sp³-hybridized carbons (Fsp3) is 0.724. The molecule has 2 aliphatic rings. The first-order chi connectivity index (χ1) is 15.3. The van der Waals surface area contributed by atoms with Crippen molar-refractivity contribution in [2.24, 2.45) is 5.41 Å². The quantitative estimate of drug-likeness (QED) is 0.477. The Hall–Kier alpha value is -1.54. The van der Waals surface area contributed by atoms with E-state index in [0.29, 0.717) is 18.3 Å². The van der Waals surface area contributed by atoms with Crippen LogP contribution in [0.4, 0.5) is 5.69 Å². The van der Waals surface area contributed by atoms with Crippen molar-refractivity contribution in [1.82, 2.24) is 0 Å². The summed E-state index contributed by atoms with van der Waals surface area (Å²) >= 11 is 0. The Morgan fingerprint density at radius 2 is 1.58 bits per heavy atom. The van der Waals surface area contributed by atoms with Crippen LogP contribution in [0.5, 0.6) is 0 Å². The zero-order valence-electron chi connectivity index (χ0n) is 22.2. The third-order valence-corrected chi connectivity index (χ3v) is 5.91. The summed E-state index contributed by atoms with van der Waals surface area (Å²) in [5.74, 6) is 6.63. The third-order valence-electron chi connectivity index (χ3n) is 5.91. The summed E-state index contributed by atoms with van der Waals surface area (Å²) in [6.45, 7) is 19.8. The van der Waals surface area contributed by atoms with Gasteiger partial charge in [0.05, 0.1) is 30.5 Å². The maximum absolute atomic E-state index is 6.37. The number of hydrogen-bond donors (Lipinski definition) is 0. The van der Waals surface area contributed by atoms with E-state index in [2.05, 4.69) is 82.5 Å². The van der Waals surface area contributed by atoms with Gasteiger partial charge in [-0.15, -0.1) is 0 Å². The normalized spacial score (nSPS) is 22.5. The van der Waals surface area contributed by atoms with Crippen LogP contribution in [-0.2, 0) is 14.2 Å². The second-order valence-corrected chi connectivity index (χ2v) is 12.4. The molecule has 4 nitrogen and oxygen atoms in total. The van der Waals surface area contributed by atoms with Crippen LogP contribution in [-0.4, -0.2) is 49.2 Å². The van der Waals surface area contributed by atoms with Crippen molar-refractivity contribution in [3.05, 3.63) is 29.8 Å². The van der Waals surface area contributed by atoms with Crippen molar-refractivity contribution in [3.63, 3.8) is 0 Å². The van der Waals surface area contributed by atoms with Crippen molar-refractivity contribution in [2.75, 3.05) is 24.6 Å². The molecule has 0 N–H and O–H groups in total. The molecule has 4 heteroatoms. The molecule has 1 aliphatic carbocycles. The molecule has 0 unspecified atom stereocenters. The van der Waals surface area contributed by atoms with E-state index in [1.54, 1.807) is 0 Å². The highest BCUT2D eigenvalue weighted by Gasteiger charge is 2.34. The van der Waals surface area contributed by atoms with Crippen LogP contribution in [0.15, 0.2) is 24.3 Å². The molecule has 1 saturated carbocycles. The lowest BCUT2D eigenvalue weighted by Gasteiger charge is -2.41. The van der Waals surface area contributed by atoms with Gasteiger partial charge in [0.25, 0.3) is 0 Å². The van der Waals surface area contributed by atoms with Crippen LogP contribution in [0.3, 0.4) is 0 Å². The van der Waals surface area contributed by atoms with Gasteiger partial charge in [-0.25, -0.2) is 0 Å². The van der Waals surface area contributed by atoms with Crippen LogP contribution < -0.4 is 4.90 Å². The second kappa shape index (κ2) is 10.4. The number of piperidine rings is 1. The zero-order valence-corrected chi connectivity index (χ0v) is 22.2. The minimum Gasteiger partial charge on any atom is -0.377 e. The Balaban J connectivity index is 1.45. The van der Waals surface area contributed by atoms with Gasteiger partial charge in [-0.05, 0) is 83.9 Å². The third kappa shape index (κ3) is 8.96. The van der Waals surface area contributed by atoms with Crippen LogP contribution in [0.2, 0.25) is 0 Å². The van der Waals surface area contributed by atoms with Crippen molar-refractivity contribution < 1.29 is 14.2 Å². The van der Waals surface area contributed by atoms with Gasteiger partial charge in [-0.2, -0.15) is 0 Å². The first kappa shape index (κ1) is 26.1. The Bertz CT molecular complexity index is 823.